The maximum Gasteiger partial charge on any atom is 0.418 e. The van der Waals surface area contributed by atoms with Gasteiger partial charge in [0.2, 0.25) is 5.91 Å². The summed E-state index contributed by atoms with van der Waals surface area (Å²) in [6, 6.07) is 15.8. The van der Waals surface area contributed by atoms with Gasteiger partial charge in [0.05, 0.1) is 23.3 Å². The van der Waals surface area contributed by atoms with Gasteiger partial charge in [-0.2, -0.15) is 13.2 Å². The number of benzene rings is 2. The maximum atomic E-state index is 13.2. The number of carbonyl (C=O) groups is 2. The van der Waals surface area contributed by atoms with E-state index in [0.29, 0.717) is 51.0 Å². The number of nitrogens with one attached hydrogen (secondary N) is 2. The van der Waals surface area contributed by atoms with Crippen LogP contribution in [0, 0.1) is 5.41 Å². The Bertz CT molecular complexity index is 1230. The van der Waals surface area contributed by atoms with Gasteiger partial charge in [-0.1, -0.05) is 30.3 Å². The fourth-order valence-corrected chi connectivity index (χ4v) is 4.61. The number of amides is 1. The van der Waals surface area contributed by atoms with Gasteiger partial charge >= 0.3 is 6.18 Å². The van der Waals surface area contributed by atoms with E-state index < -0.39 is 17.2 Å². The van der Waals surface area contributed by atoms with Crippen LogP contribution in [-0.4, -0.2) is 29.9 Å². The minimum absolute atomic E-state index is 0.0249. The van der Waals surface area contributed by atoms with Crippen LogP contribution in [0.3, 0.4) is 0 Å². The van der Waals surface area contributed by atoms with E-state index in [1.807, 2.05) is 6.07 Å². The molecular weight excluding hydrogens is 495 g/mol. The van der Waals surface area contributed by atoms with Gasteiger partial charge in [-0.15, -0.1) is 0 Å². The first kappa shape index (κ1) is 27.3. The Hall–Kier alpha value is -3.72. The molecule has 1 fully saturated rings. The van der Waals surface area contributed by atoms with Gasteiger partial charge in [-0.25, -0.2) is 0 Å². The number of hydrogen-bond acceptors (Lipinski definition) is 5. The first-order valence-electron chi connectivity index (χ1n) is 12.5. The van der Waals surface area contributed by atoms with E-state index in [4.69, 9.17) is 4.74 Å². The molecule has 4 rings (SSSR count). The van der Waals surface area contributed by atoms with E-state index in [1.165, 1.54) is 12.1 Å². The number of Topliss-reactive ketones (excluding diaryl/α,β-unsaturated/α-hetero) is 1. The summed E-state index contributed by atoms with van der Waals surface area (Å²) in [4.78, 5) is 29.5. The lowest BCUT2D eigenvalue weighted by atomic mass is 9.80. The molecule has 1 unspecified atom stereocenters. The lowest BCUT2D eigenvalue weighted by Crippen LogP contribution is -2.41. The predicted octanol–water partition coefficient (Wildman–Crippen LogP) is 5.85. The summed E-state index contributed by atoms with van der Waals surface area (Å²) in [5.41, 5.74) is 0.765. The van der Waals surface area contributed by atoms with Crippen LogP contribution < -0.4 is 10.6 Å². The van der Waals surface area contributed by atoms with Crippen LogP contribution >= 0.6 is 0 Å². The fraction of sp³-hybridized carbons (Fsp3) is 0.345. The standard InChI is InChI=1S/C29H30F3N3O3/c30-29(31,32)25-7-1-2-8-26(25)35-23-11-9-21(10-12-23)19-34-27(37)28(14-16-38-20-28)13-3-6-24(36)17-22-5-4-15-33-18-22/h1-2,4-5,7-12,15,18,35H,3,6,13-14,16-17,19-20H2,(H,34,37). The Morgan fingerprint density at radius 3 is 2.47 bits per heavy atom. The van der Waals surface area contributed by atoms with Crippen LogP contribution in [0.15, 0.2) is 73.1 Å². The second-order valence-electron chi connectivity index (χ2n) is 9.56. The molecule has 3 aromatic rings. The highest BCUT2D eigenvalue weighted by Crippen LogP contribution is 2.36. The molecule has 1 aliphatic heterocycles. The smallest absolute Gasteiger partial charge is 0.380 e. The molecule has 38 heavy (non-hydrogen) atoms. The molecule has 0 spiro atoms. The van der Waals surface area contributed by atoms with Crippen LogP contribution in [0.4, 0.5) is 24.5 Å². The molecule has 0 bridgehead atoms. The number of hydrogen-bond donors (Lipinski definition) is 2. The lowest BCUT2D eigenvalue weighted by molar-refractivity contribution is -0.137. The second-order valence-corrected chi connectivity index (χ2v) is 9.56. The number of anilines is 2. The summed E-state index contributed by atoms with van der Waals surface area (Å²) < 4.78 is 45.3. The monoisotopic (exact) mass is 525 g/mol. The molecule has 2 N–H and O–H groups in total. The highest BCUT2D eigenvalue weighted by atomic mass is 19.4. The van der Waals surface area contributed by atoms with Crippen molar-refractivity contribution < 1.29 is 27.5 Å². The van der Waals surface area contributed by atoms with E-state index in [-0.39, 0.29) is 23.9 Å². The Labute approximate surface area is 219 Å². The molecule has 9 heteroatoms. The molecule has 0 aliphatic carbocycles. The van der Waals surface area contributed by atoms with Gasteiger partial charge in [0.1, 0.15) is 5.78 Å². The van der Waals surface area contributed by atoms with Crippen LogP contribution in [0.1, 0.15) is 42.4 Å². The zero-order valence-electron chi connectivity index (χ0n) is 20.9. The van der Waals surface area contributed by atoms with Crippen molar-refractivity contribution in [2.24, 2.45) is 5.41 Å². The first-order chi connectivity index (χ1) is 18.2. The molecule has 0 radical (unpaired) electrons. The van der Waals surface area contributed by atoms with Crippen molar-refractivity contribution in [1.82, 2.24) is 10.3 Å². The molecule has 1 aliphatic rings. The van der Waals surface area contributed by atoms with E-state index in [2.05, 4.69) is 15.6 Å². The molecule has 200 valence electrons. The van der Waals surface area contributed by atoms with Crippen LogP contribution in [0.5, 0.6) is 0 Å². The quantitative estimate of drug-likeness (QED) is 0.328. The largest absolute Gasteiger partial charge is 0.418 e. The SMILES string of the molecule is O=C(CCCC1(C(=O)NCc2ccc(Nc3ccccc3C(F)(F)F)cc2)CCOC1)Cc1cccnc1. The normalized spacial score (nSPS) is 17.2. The molecule has 2 heterocycles. The zero-order valence-corrected chi connectivity index (χ0v) is 20.9. The Morgan fingerprint density at radius 2 is 1.79 bits per heavy atom. The number of aromatic nitrogens is 1. The van der Waals surface area contributed by atoms with Gasteiger partial charge in [0, 0.05) is 44.1 Å². The van der Waals surface area contributed by atoms with E-state index in [0.717, 1.165) is 17.2 Å². The Kier molecular flexibility index (Phi) is 8.78. The number of para-hydroxylation sites is 1. The Balaban J connectivity index is 1.29. The predicted molar refractivity (Wildman–Crippen MR) is 138 cm³/mol. The third-order valence-electron chi connectivity index (χ3n) is 6.74. The van der Waals surface area contributed by atoms with Gasteiger partial charge in [0.15, 0.2) is 0 Å². The van der Waals surface area contributed by atoms with E-state index in [1.54, 1.807) is 48.8 Å². The fourth-order valence-electron chi connectivity index (χ4n) is 4.61. The third-order valence-corrected chi connectivity index (χ3v) is 6.74. The number of pyridine rings is 1. The second kappa shape index (κ2) is 12.2. The van der Waals surface area contributed by atoms with Gasteiger partial charge in [-0.05, 0) is 60.7 Å². The topological polar surface area (TPSA) is 80.3 Å². The van der Waals surface area contributed by atoms with Crippen molar-refractivity contribution in [1.29, 1.82) is 0 Å². The number of ketones is 1. The number of halogens is 3. The first-order valence-corrected chi connectivity index (χ1v) is 12.5. The molecule has 1 atom stereocenters. The summed E-state index contributed by atoms with van der Waals surface area (Å²) >= 11 is 0. The van der Waals surface area contributed by atoms with Crippen molar-refractivity contribution >= 4 is 23.1 Å². The van der Waals surface area contributed by atoms with Crippen LogP contribution in [0.25, 0.3) is 0 Å². The van der Waals surface area contributed by atoms with Crippen molar-refractivity contribution in [3.8, 4) is 0 Å². The highest BCUT2D eigenvalue weighted by Gasteiger charge is 2.41. The summed E-state index contributed by atoms with van der Waals surface area (Å²) in [7, 11) is 0. The van der Waals surface area contributed by atoms with E-state index in [9.17, 15) is 22.8 Å². The number of carbonyl (C=O) groups excluding carboxylic acids is 2. The number of ether oxygens (including phenoxy) is 1. The van der Waals surface area contributed by atoms with E-state index >= 15 is 0 Å². The molecule has 0 saturated carbocycles. The summed E-state index contributed by atoms with van der Waals surface area (Å²) in [6.45, 7) is 1.09. The summed E-state index contributed by atoms with van der Waals surface area (Å²) in [5, 5.41) is 5.79. The molecule has 1 amide bonds. The van der Waals surface area contributed by atoms with Crippen molar-refractivity contribution in [3.63, 3.8) is 0 Å². The average Bonchev–Trinajstić information content (AvgIpc) is 3.38. The Morgan fingerprint density at radius 1 is 1.00 bits per heavy atom. The average molecular weight is 526 g/mol. The summed E-state index contributed by atoms with van der Waals surface area (Å²) in [6.07, 6.45) is 1.35. The highest BCUT2D eigenvalue weighted by molar-refractivity contribution is 5.83. The van der Waals surface area contributed by atoms with Gasteiger partial charge in [0.25, 0.3) is 0 Å². The van der Waals surface area contributed by atoms with Gasteiger partial charge < -0.3 is 15.4 Å². The van der Waals surface area contributed by atoms with Crippen molar-refractivity contribution in [2.45, 2.75) is 44.8 Å². The summed E-state index contributed by atoms with van der Waals surface area (Å²) in [5.74, 6) is -0.00459. The molecule has 6 nitrogen and oxygen atoms in total. The van der Waals surface area contributed by atoms with Crippen LogP contribution in [-0.2, 0) is 33.5 Å². The lowest BCUT2D eigenvalue weighted by Gasteiger charge is -2.26. The minimum atomic E-state index is -4.46. The third kappa shape index (κ3) is 7.19. The number of nitrogens with zero attached hydrogens (tertiary/aromatic N) is 1. The molecule has 1 aromatic heterocycles. The van der Waals surface area contributed by atoms with Gasteiger partial charge in [-0.3, -0.25) is 14.6 Å². The molecule has 2 aromatic carbocycles. The van der Waals surface area contributed by atoms with Crippen molar-refractivity contribution in [2.75, 3.05) is 18.5 Å². The minimum Gasteiger partial charge on any atom is -0.380 e. The maximum absolute atomic E-state index is 13.2. The number of alkyl halides is 3. The van der Waals surface area contributed by atoms with Crippen molar-refractivity contribution in [3.05, 3.63) is 89.7 Å². The molecule has 1 saturated heterocycles. The molecular formula is C29H30F3N3O3. The number of rotatable bonds is 11. The zero-order chi connectivity index (χ0) is 27.0. The van der Waals surface area contributed by atoms with Crippen LogP contribution in [0.2, 0.25) is 0 Å².